The topological polar surface area (TPSA) is 127 Å². The molecule has 0 aromatic heterocycles. The molecule has 0 heterocycles. The summed E-state index contributed by atoms with van der Waals surface area (Å²) in [6.45, 7) is 1.35. The summed E-state index contributed by atoms with van der Waals surface area (Å²) in [6, 6.07) is -0.894. The molecule has 0 aromatic carbocycles. The zero-order valence-electron chi connectivity index (χ0n) is 6.46. The van der Waals surface area contributed by atoms with Crippen LogP contribution in [0.15, 0.2) is 0 Å². The fraction of sp³-hybridized carbons (Fsp3) is 0.400. The van der Waals surface area contributed by atoms with E-state index in [1.165, 1.54) is 6.92 Å². The number of nitrogens with one attached hydrogen (secondary N) is 2. The van der Waals surface area contributed by atoms with E-state index in [4.69, 9.17) is 5.73 Å². The molecule has 0 rings (SSSR count). The number of amides is 3. The predicted octanol–water partition coefficient (Wildman–Crippen LogP) is -3.03. The summed E-state index contributed by atoms with van der Waals surface area (Å²) >= 11 is 0. The first-order valence-corrected chi connectivity index (χ1v) is 3.09. The van der Waals surface area contributed by atoms with Crippen LogP contribution >= 0.6 is 0 Å². The fourth-order valence-corrected chi connectivity index (χ4v) is 0.399. The average molecular weight is 174 g/mol. The molecule has 0 saturated carbocycles. The summed E-state index contributed by atoms with van der Waals surface area (Å²) < 4.78 is 0. The van der Waals surface area contributed by atoms with Gasteiger partial charge in [0.2, 0.25) is 5.91 Å². The molecule has 0 spiro atoms. The zero-order chi connectivity index (χ0) is 9.72. The van der Waals surface area contributed by atoms with Crippen LogP contribution < -0.4 is 22.3 Å². The smallest absolute Gasteiger partial charge is 0.323 e. The second-order valence-corrected chi connectivity index (χ2v) is 2.07. The zero-order valence-corrected chi connectivity index (χ0v) is 6.46. The van der Waals surface area contributed by atoms with Gasteiger partial charge in [-0.25, -0.2) is 5.84 Å². The lowest BCUT2D eigenvalue weighted by Crippen LogP contribution is -2.49. The number of nitrogens with two attached hydrogens (primary N) is 2. The minimum atomic E-state index is -1.02. The largest absolute Gasteiger partial charge is 0.368 e. The van der Waals surface area contributed by atoms with Gasteiger partial charge < -0.3 is 11.1 Å². The summed E-state index contributed by atoms with van der Waals surface area (Å²) in [5, 5.41) is 2.02. The maximum atomic E-state index is 10.7. The highest BCUT2D eigenvalue weighted by Crippen LogP contribution is 1.78. The summed E-state index contributed by atoms with van der Waals surface area (Å²) in [6.07, 6.45) is 0. The predicted molar refractivity (Wildman–Crippen MR) is 39.1 cm³/mol. The molecule has 68 valence electrons. The summed E-state index contributed by atoms with van der Waals surface area (Å²) in [5.41, 5.74) is 6.42. The first kappa shape index (κ1) is 10.4. The molecule has 3 amide bonds. The Kier molecular flexibility index (Phi) is 3.71. The molecule has 6 N–H and O–H groups in total. The highest BCUT2D eigenvalue weighted by molar-refractivity contribution is 6.35. The molecule has 7 heteroatoms. The van der Waals surface area contributed by atoms with Crippen molar-refractivity contribution in [1.29, 1.82) is 0 Å². The standard InChI is InChI=1S/C5H10N4O3/c1-2(3(6)10)8-4(11)5(12)9-7/h2H,7H2,1H3,(H2,6,10)(H,8,11)(H,9,12). The number of carbonyl (C=O) groups excluding carboxylic acids is 3. The van der Waals surface area contributed by atoms with Gasteiger partial charge in [-0.3, -0.25) is 19.8 Å². The van der Waals surface area contributed by atoms with Crippen molar-refractivity contribution in [2.75, 3.05) is 0 Å². The third-order valence-electron chi connectivity index (χ3n) is 1.11. The lowest BCUT2D eigenvalue weighted by Gasteiger charge is -2.07. The van der Waals surface area contributed by atoms with Crippen molar-refractivity contribution in [3.8, 4) is 0 Å². The highest BCUT2D eigenvalue weighted by atomic mass is 16.2. The van der Waals surface area contributed by atoms with Crippen molar-refractivity contribution in [1.82, 2.24) is 10.7 Å². The van der Waals surface area contributed by atoms with Crippen LogP contribution in [-0.2, 0) is 14.4 Å². The van der Waals surface area contributed by atoms with Gasteiger partial charge in [-0.15, -0.1) is 0 Å². The Bertz CT molecular complexity index is 215. The van der Waals surface area contributed by atoms with E-state index in [1.807, 2.05) is 5.32 Å². The van der Waals surface area contributed by atoms with Crippen molar-refractivity contribution in [3.63, 3.8) is 0 Å². The Morgan fingerprint density at radius 3 is 2.08 bits per heavy atom. The number of hydrogen-bond acceptors (Lipinski definition) is 4. The molecule has 0 aliphatic carbocycles. The monoisotopic (exact) mass is 174 g/mol. The van der Waals surface area contributed by atoms with Gasteiger partial charge in [0, 0.05) is 0 Å². The average Bonchev–Trinajstić information content (AvgIpc) is 2.02. The van der Waals surface area contributed by atoms with E-state index in [1.54, 1.807) is 5.43 Å². The van der Waals surface area contributed by atoms with Crippen molar-refractivity contribution in [2.24, 2.45) is 11.6 Å². The van der Waals surface area contributed by atoms with Crippen LogP contribution in [0.25, 0.3) is 0 Å². The number of carbonyl (C=O) groups is 3. The van der Waals surface area contributed by atoms with Crippen LogP contribution in [0.2, 0.25) is 0 Å². The summed E-state index contributed by atoms with van der Waals surface area (Å²) in [7, 11) is 0. The molecule has 0 bridgehead atoms. The van der Waals surface area contributed by atoms with Gasteiger partial charge in [0.15, 0.2) is 0 Å². The number of hydrogen-bond donors (Lipinski definition) is 4. The second kappa shape index (κ2) is 4.29. The Morgan fingerprint density at radius 1 is 1.25 bits per heavy atom. The van der Waals surface area contributed by atoms with Crippen molar-refractivity contribution < 1.29 is 14.4 Å². The Labute approximate surface area is 68.4 Å². The molecule has 0 aliphatic heterocycles. The Morgan fingerprint density at radius 2 is 1.75 bits per heavy atom. The van der Waals surface area contributed by atoms with E-state index in [0.717, 1.165) is 0 Å². The minimum absolute atomic E-state index is 0.729. The van der Waals surface area contributed by atoms with Crippen LogP contribution in [0.3, 0.4) is 0 Å². The first-order valence-electron chi connectivity index (χ1n) is 3.09. The molecule has 1 atom stereocenters. The maximum absolute atomic E-state index is 10.7. The maximum Gasteiger partial charge on any atom is 0.323 e. The van der Waals surface area contributed by atoms with Crippen molar-refractivity contribution in [3.05, 3.63) is 0 Å². The fourth-order valence-electron chi connectivity index (χ4n) is 0.399. The second-order valence-electron chi connectivity index (χ2n) is 2.07. The molecule has 0 fully saturated rings. The number of hydrazine groups is 1. The lowest BCUT2D eigenvalue weighted by molar-refractivity contribution is -0.140. The number of rotatable bonds is 2. The van der Waals surface area contributed by atoms with Crippen LogP contribution in [0, 0.1) is 0 Å². The Hall–Kier alpha value is -1.63. The van der Waals surface area contributed by atoms with Gasteiger partial charge in [0.1, 0.15) is 6.04 Å². The molecule has 0 aliphatic rings. The first-order chi connectivity index (χ1) is 5.49. The molecular weight excluding hydrogens is 164 g/mol. The molecule has 7 nitrogen and oxygen atoms in total. The van der Waals surface area contributed by atoms with Gasteiger partial charge in [-0.2, -0.15) is 0 Å². The van der Waals surface area contributed by atoms with Crippen molar-refractivity contribution in [2.45, 2.75) is 13.0 Å². The van der Waals surface area contributed by atoms with E-state index in [-0.39, 0.29) is 0 Å². The summed E-state index contributed by atoms with van der Waals surface area (Å²) in [4.78, 5) is 31.5. The molecule has 0 aromatic rings. The van der Waals surface area contributed by atoms with E-state index < -0.39 is 23.8 Å². The Balaban J connectivity index is 4.01. The van der Waals surface area contributed by atoms with E-state index in [0.29, 0.717) is 0 Å². The molecule has 0 saturated heterocycles. The lowest BCUT2D eigenvalue weighted by atomic mass is 10.3. The SMILES string of the molecule is CC(NC(=O)C(=O)NN)C(N)=O. The molecule has 0 radical (unpaired) electrons. The van der Waals surface area contributed by atoms with E-state index in [2.05, 4.69) is 5.84 Å². The normalized spacial score (nSPS) is 11.5. The van der Waals surface area contributed by atoms with Gasteiger partial charge in [0.25, 0.3) is 0 Å². The quantitative estimate of drug-likeness (QED) is 0.153. The van der Waals surface area contributed by atoms with Crippen LogP contribution in [-0.4, -0.2) is 23.8 Å². The van der Waals surface area contributed by atoms with E-state index in [9.17, 15) is 14.4 Å². The highest BCUT2D eigenvalue weighted by Gasteiger charge is 2.17. The van der Waals surface area contributed by atoms with Crippen LogP contribution in [0.4, 0.5) is 0 Å². The third kappa shape index (κ3) is 2.97. The third-order valence-corrected chi connectivity index (χ3v) is 1.11. The molecular formula is C5H10N4O3. The minimum Gasteiger partial charge on any atom is -0.368 e. The van der Waals surface area contributed by atoms with E-state index >= 15 is 0 Å². The van der Waals surface area contributed by atoms with Gasteiger partial charge in [-0.1, -0.05) is 0 Å². The van der Waals surface area contributed by atoms with Crippen LogP contribution in [0.5, 0.6) is 0 Å². The molecule has 1 unspecified atom stereocenters. The molecule has 12 heavy (non-hydrogen) atoms. The van der Waals surface area contributed by atoms with Crippen LogP contribution in [0.1, 0.15) is 6.92 Å². The summed E-state index contributed by atoms with van der Waals surface area (Å²) in [5.74, 6) is 1.90. The number of primary amides is 1. The van der Waals surface area contributed by atoms with Gasteiger partial charge >= 0.3 is 11.8 Å². The van der Waals surface area contributed by atoms with Crippen molar-refractivity contribution >= 4 is 17.7 Å². The van der Waals surface area contributed by atoms with Gasteiger partial charge in [0.05, 0.1) is 0 Å². The van der Waals surface area contributed by atoms with Gasteiger partial charge in [-0.05, 0) is 6.92 Å².